The lowest BCUT2D eigenvalue weighted by Crippen LogP contribution is -2.47. The second-order valence-electron chi connectivity index (χ2n) is 4.74. The Balaban J connectivity index is 2.25. The van der Waals surface area contributed by atoms with Crippen molar-refractivity contribution in [3.05, 3.63) is 17.0 Å². The largest absolute Gasteiger partial charge is 0.316 e. The van der Waals surface area contributed by atoms with Crippen molar-refractivity contribution in [1.82, 2.24) is 9.62 Å². The minimum atomic E-state index is -3.33. The molecule has 1 aromatic rings. The van der Waals surface area contributed by atoms with Crippen LogP contribution >= 0.6 is 23.1 Å². The fourth-order valence-electron chi connectivity index (χ4n) is 2.15. The van der Waals surface area contributed by atoms with Gasteiger partial charge in [-0.3, -0.25) is 0 Å². The monoisotopic (exact) mass is 320 g/mol. The summed E-state index contributed by atoms with van der Waals surface area (Å²) >= 11 is 3.16. The van der Waals surface area contributed by atoms with Gasteiger partial charge in [-0.1, -0.05) is 6.92 Å². The number of thiophene rings is 1. The smallest absolute Gasteiger partial charge is 0.252 e. The quantitative estimate of drug-likeness (QED) is 0.922. The minimum Gasteiger partial charge on any atom is -0.316 e. The summed E-state index contributed by atoms with van der Waals surface area (Å²) in [6.45, 7) is 5.40. The summed E-state index contributed by atoms with van der Waals surface area (Å²) in [6, 6.07) is 1.84. The Kier molecular flexibility index (Phi) is 4.94. The molecular formula is C12H20N2O2S3. The SMILES string of the molecule is CNCc1csc(S(=O)(=O)N2CCSC(C)C2C)c1. The third-order valence-corrected chi connectivity index (χ3v) is 8.19. The van der Waals surface area contributed by atoms with Crippen molar-refractivity contribution in [3.63, 3.8) is 0 Å². The molecule has 1 aliphatic heterocycles. The molecule has 7 heteroatoms. The second-order valence-corrected chi connectivity index (χ2v) is 9.25. The standard InChI is InChI=1S/C12H20N2O2S3/c1-9-10(2)17-5-4-14(9)19(15,16)12-6-11(7-13-3)8-18-12/h6,8-10,13H,4-5,7H2,1-3H3. The Morgan fingerprint density at radius 3 is 2.89 bits per heavy atom. The molecule has 1 aliphatic rings. The summed E-state index contributed by atoms with van der Waals surface area (Å²) in [5.41, 5.74) is 1.03. The Labute approximate surface area is 123 Å². The molecule has 2 atom stereocenters. The Hall–Kier alpha value is -0.0800. The molecule has 1 saturated heterocycles. The minimum absolute atomic E-state index is 0.0543. The summed E-state index contributed by atoms with van der Waals surface area (Å²) in [6.07, 6.45) is 0. The van der Waals surface area contributed by atoms with Crippen LogP contribution in [-0.4, -0.2) is 43.4 Å². The summed E-state index contributed by atoms with van der Waals surface area (Å²) < 4.78 is 27.5. The number of thioether (sulfide) groups is 1. The third kappa shape index (κ3) is 3.16. The van der Waals surface area contributed by atoms with Gasteiger partial charge in [-0.25, -0.2) is 8.42 Å². The number of rotatable bonds is 4. The first-order chi connectivity index (χ1) is 8.96. The van der Waals surface area contributed by atoms with Crippen LogP contribution in [0.1, 0.15) is 19.4 Å². The van der Waals surface area contributed by atoms with Crippen LogP contribution in [-0.2, 0) is 16.6 Å². The van der Waals surface area contributed by atoms with Crippen molar-refractivity contribution in [1.29, 1.82) is 0 Å². The van der Waals surface area contributed by atoms with E-state index in [1.807, 2.05) is 31.1 Å². The van der Waals surface area contributed by atoms with Crippen LogP contribution in [0.2, 0.25) is 0 Å². The summed E-state index contributed by atoms with van der Waals surface area (Å²) in [4.78, 5) is 0. The lowest BCUT2D eigenvalue weighted by atomic mass is 10.2. The van der Waals surface area contributed by atoms with Gasteiger partial charge < -0.3 is 5.32 Å². The maximum absolute atomic E-state index is 12.7. The first-order valence-electron chi connectivity index (χ1n) is 6.32. The van der Waals surface area contributed by atoms with E-state index in [0.717, 1.165) is 11.3 Å². The average Bonchev–Trinajstić information content (AvgIpc) is 2.82. The molecule has 2 unspecified atom stereocenters. The van der Waals surface area contributed by atoms with Crippen molar-refractivity contribution in [2.24, 2.45) is 0 Å². The van der Waals surface area contributed by atoms with E-state index in [1.54, 1.807) is 10.4 Å². The highest BCUT2D eigenvalue weighted by molar-refractivity contribution is 8.00. The zero-order valence-corrected chi connectivity index (χ0v) is 13.9. The molecule has 2 heterocycles. The molecule has 1 N–H and O–H groups in total. The van der Waals surface area contributed by atoms with Gasteiger partial charge in [0.05, 0.1) is 0 Å². The second kappa shape index (κ2) is 6.13. The van der Waals surface area contributed by atoms with E-state index in [9.17, 15) is 8.42 Å². The Morgan fingerprint density at radius 1 is 1.47 bits per heavy atom. The highest BCUT2D eigenvalue weighted by atomic mass is 32.2. The van der Waals surface area contributed by atoms with Crippen LogP contribution in [0.15, 0.2) is 15.7 Å². The molecule has 0 aromatic carbocycles. The molecule has 0 radical (unpaired) electrons. The molecule has 19 heavy (non-hydrogen) atoms. The fourth-order valence-corrected chi connectivity index (χ4v) is 6.48. The van der Waals surface area contributed by atoms with E-state index >= 15 is 0 Å². The predicted molar refractivity (Wildman–Crippen MR) is 82.4 cm³/mol. The number of hydrogen-bond acceptors (Lipinski definition) is 5. The van der Waals surface area contributed by atoms with Crippen molar-refractivity contribution < 1.29 is 8.42 Å². The van der Waals surface area contributed by atoms with Crippen molar-refractivity contribution in [2.45, 2.75) is 35.9 Å². The predicted octanol–water partition coefficient (Wildman–Crippen LogP) is 1.98. The van der Waals surface area contributed by atoms with Crippen LogP contribution in [0.25, 0.3) is 0 Å². The van der Waals surface area contributed by atoms with E-state index in [1.165, 1.54) is 11.3 Å². The molecule has 0 amide bonds. The number of sulfonamides is 1. The van der Waals surface area contributed by atoms with Crippen LogP contribution in [0.5, 0.6) is 0 Å². The van der Waals surface area contributed by atoms with Gasteiger partial charge in [0, 0.05) is 30.1 Å². The molecule has 2 rings (SSSR count). The Bertz CT molecular complexity index is 527. The zero-order valence-electron chi connectivity index (χ0n) is 11.4. The van der Waals surface area contributed by atoms with Crippen LogP contribution in [0.3, 0.4) is 0 Å². The van der Waals surface area contributed by atoms with Gasteiger partial charge in [0.2, 0.25) is 0 Å². The molecule has 108 valence electrons. The third-order valence-electron chi connectivity index (χ3n) is 3.40. The first-order valence-corrected chi connectivity index (χ1v) is 9.69. The average molecular weight is 321 g/mol. The van der Waals surface area contributed by atoms with Gasteiger partial charge in [0.25, 0.3) is 10.0 Å². The molecule has 0 saturated carbocycles. The zero-order chi connectivity index (χ0) is 14.0. The van der Waals surface area contributed by atoms with Crippen LogP contribution < -0.4 is 5.32 Å². The Morgan fingerprint density at radius 2 is 2.21 bits per heavy atom. The number of hydrogen-bond donors (Lipinski definition) is 1. The fraction of sp³-hybridized carbons (Fsp3) is 0.667. The number of nitrogens with zero attached hydrogens (tertiary/aromatic N) is 1. The van der Waals surface area contributed by atoms with Crippen molar-refractivity contribution >= 4 is 33.1 Å². The maximum atomic E-state index is 12.7. The summed E-state index contributed by atoms with van der Waals surface area (Å²) in [7, 11) is -1.47. The van der Waals surface area contributed by atoms with Crippen molar-refractivity contribution in [2.75, 3.05) is 19.3 Å². The lowest BCUT2D eigenvalue weighted by Gasteiger charge is -2.35. The van der Waals surface area contributed by atoms with Gasteiger partial charge in [-0.2, -0.15) is 16.1 Å². The molecular weight excluding hydrogens is 300 g/mol. The van der Waals surface area contributed by atoms with E-state index in [4.69, 9.17) is 0 Å². The normalized spacial score (nSPS) is 25.6. The van der Waals surface area contributed by atoms with Gasteiger partial charge in [-0.15, -0.1) is 11.3 Å². The molecule has 4 nitrogen and oxygen atoms in total. The molecule has 0 spiro atoms. The first kappa shape index (κ1) is 15.3. The van der Waals surface area contributed by atoms with E-state index in [2.05, 4.69) is 12.2 Å². The van der Waals surface area contributed by atoms with E-state index in [-0.39, 0.29) is 6.04 Å². The highest BCUT2D eigenvalue weighted by Crippen LogP contribution is 2.31. The van der Waals surface area contributed by atoms with E-state index < -0.39 is 10.0 Å². The number of nitrogens with one attached hydrogen (secondary N) is 1. The summed E-state index contributed by atoms with van der Waals surface area (Å²) in [5, 5.41) is 5.30. The van der Waals surface area contributed by atoms with E-state index in [0.29, 0.717) is 22.5 Å². The maximum Gasteiger partial charge on any atom is 0.252 e. The topological polar surface area (TPSA) is 49.4 Å². The summed E-state index contributed by atoms with van der Waals surface area (Å²) in [5.74, 6) is 0.874. The lowest BCUT2D eigenvalue weighted by molar-refractivity contribution is 0.341. The van der Waals surface area contributed by atoms with Crippen LogP contribution in [0, 0.1) is 0 Å². The molecule has 0 aliphatic carbocycles. The van der Waals surface area contributed by atoms with Gasteiger partial charge >= 0.3 is 0 Å². The molecule has 0 bridgehead atoms. The highest BCUT2D eigenvalue weighted by Gasteiger charge is 2.35. The molecule has 1 fully saturated rings. The van der Waals surface area contributed by atoms with Gasteiger partial charge in [-0.05, 0) is 31.0 Å². The van der Waals surface area contributed by atoms with Gasteiger partial charge in [0.1, 0.15) is 4.21 Å². The van der Waals surface area contributed by atoms with Gasteiger partial charge in [0.15, 0.2) is 0 Å². The van der Waals surface area contributed by atoms with Crippen LogP contribution in [0.4, 0.5) is 0 Å². The van der Waals surface area contributed by atoms with Crippen molar-refractivity contribution in [3.8, 4) is 0 Å². The molecule has 1 aromatic heterocycles.